The Balaban J connectivity index is 4.21. The van der Waals surface area contributed by atoms with Gasteiger partial charge in [0.15, 0.2) is 0 Å². The number of alkyl halides is 3. The summed E-state index contributed by atoms with van der Waals surface area (Å²) in [6.07, 6.45) is 0.0755. The maximum atomic E-state index is 5.91. The van der Waals surface area contributed by atoms with Crippen LogP contribution in [0.2, 0.25) is 0 Å². The summed E-state index contributed by atoms with van der Waals surface area (Å²) < 4.78 is 11.3. The normalized spacial score (nSPS) is 17.8. The highest BCUT2D eigenvalue weighted by molar-refractivity contribution is 14.1. The van der Waals surface area contributed by atoms with Crippen LogP contribution in [0.1, 0.15) is 13.8 Å². The maximum absolute atomic E-state index is 5.91. The predicted octanol–water partition coefficient (Wildman–Crippen LogP) is 3.32. The van der Waals surface area contributed by atoms with Gasteiger partial charge in [-0.25, -0.2) is 0 Å². The molecule has 0 rings (SSSR count). The highest BCUT2D eigenvalue weighted by Crippen LogP contribution is 2.18. The predicted molar refractivity (Wildman–Crippen MR) is 74.6 cm³/mol. The van der Waals surface area contributed by atoms with E-state index < -0.39 is 0 Å². The molecule has 0 spiro atoms. The van der Waals surface area contributed by atoms with Crippen LogP contribution < -0.4 is 0 Å². The SMILES string of the molecule is COCC(OC(CCl)C(I)CCl)C(C)C. The highest BCUT2D eigenvalue weighted by atomic mass is 127. The van der Waals surface area contributed by atoms with Crippen LogP contribution in [0.15, 0.2) is 0 Å². The standard InChI is InChI=1S/C10H19Cl2IO2/c1-7(2)10(6-14-3)15-9(5-12)8(13)4-11/h7-10H,4-6H2,1-3H3. The summed E-state index contributed by atoms with van der Waals surface area (Å²) in [5, 5.41) is 0. The third-order valence-electron chi connectivity index (χ3n) is 2.13. The van der Waals surface area contributed by atoms with Crippen molar-refractivity contribution in [1.82, 2.24) is 0 Å². The van der Waals surface area contributed by atoms with E-state index in [2.05, 4.69) is 36.4 Å². The van der Waals surface area contributed by atoms with Gasteiger partial charge in [0.25, 0.3) is 0 Å². The van der Waals surface area contributed by atoms with Crippen molar-refractivity contribution in [3.63, 3.8) is 0 Å². The molecule has 3 atom stereocenters. The van der Waals surface area contributed by atoms with Crippen LogP contribution in [0.5, 0.6) is 0 Å². The lowest BCUT2D eigenvalue weighted by Gasteiger charge is -2.28. The molecule has 0 heterocycles. The minimum Gasteiger partial charge on any atom is -0.382 e. The second kappa shape index (κ2) is 9.28. The number of ether oxygens (including phenoxy) is 2. The van der Waals surface area contributed by atoms with Crippen molar-refractivity contribution in [2.45, 2.75) is 30.0 Å². The molecule has 0 radical (unpaired) electrons. The summed E-state index contributed by atoms with van der Waals surface area (Å²) in [5.74, 6) is 1.43. The number of halogens is 3. The van der Waals surface area contributed by atoms with E-state index >= 15 is 0 Å². The Hall–Kier alpha value is 1.23. The van der Waals surface area contributed by atoms with Crippen LogP contribution in [0, 0.1) is 5.92 Å². The zero-order valence-corrected chi connectivity index (χ0v) is 13.1. The molecule has 0 saturated carbocycles. The summed E-state index contributed by atoms with van der Waals surface area (Å²) in [6.45, 7) is 4.81. The summed E-state index contributed by atoms with van der Waals surface area (Å²) in [6, 6.07) is 0. The first-order chi connectivity index (χ1) is 7.06. The molecule has 0 saturated heterocycles. The van der Waals surface area contributed by atoms with Gasteiger partial charge in [-0.2, -0.15) is 0 Å². The van der Waals surface area contributed by atoms with E-state index in [0.717, 1.165) is 0 Å². The average molecular weight is 369 g/mol. The van der Waals surface area contributed by atoms with Crippen molar-refractivity contribution in [3.8, 4) is 0 Å². The van der Waals surface area contributed by atoms with Crippen LogP contribution in [-0.2, 0) is 9.47 Å². The fourth-order valence-corrected chi connectivity index (χ4v) is 2.31. The van der Waals surface area contributed by atoms with Crippen molar-refractivity contribution in [2.24, 2.45) is 5.92 Å². The molecule has 0 aliphatic carbocycles. The van der Waals surface area contributed by atoms with Gasteiger partial charge in [0.2, 0.25) is 0 Å². The second-order valence-electron chi connectivity index (χ2n) is 3.74. The lowest BCUT2D eigenvalue weighted by Crippen LogP contribution is -2.36. The lowest BCUT2D eigenvalue weighted by molar-refractivity contribution is -0.0588. The third kappa shape index (κ3) is 6.51. The molecular formula is C10H19Cl2IO2. The minimum absolute atomic E-state index is 0.00711. The molecule has 92 valence electrons. The molecule has 2 nitrogen and oxygen atoms in total. The highest BCUT2D eigenvalue weighted by Gasteiger charge is 2.24. The number of methoxy groups -OCH3 is 1. The fraction of sp³-hybridized carbons (Fsp3) is 1.00. The minimum atomic E-state index is -0.00711. The number of rotatable bonds is 8. The second-order valence-corrected chi connectivity index (χ2v) is 5.95. The Kier molecular flexibility index (Phi) is 10.0. The first-order valence-electron chi connectivity index (χ1n) is 4.97. The fourth-order valence-electron chi connectivity index (χ4n) is 1.10. The Bertz CT molecular complexity index is 158. The smallest absolute Gasteiger partial charge is 0.0844 e. The summed E-state index contributed by atoms with van der Waals surface area (Å²) in [7, 11) is 1.68. The zero-order valence-electron chi connectivity index (χ0n) is 9.38. The number of hydrogen-bond donors (Lipinski definition) is 0. The Labute approximate surface area is 116 Å². The van der Waals surface area contributed by atoms with Gasteiger partial charge < -0.3 is 9.47 Å². The maximum Gasteiger partial charge on any atom is 0.0844 e. The molecule has 0 fully saturated rings. The largest absolute Gasteiger partial charge is 0.382 e. The van der Waals surface area contributed by atoms with Crippen molar-refractivity contribution >= 4 is 45.8 Å². The molecule has 15 heavy (non-hydrogen) atoms. The molecule has 0 bridgehead atoms. The van der Waals surface area contributed by atoms with E-state index in [4.69, 9.17) is 32.7 Å². The monoisotopic (exact) mass is 368 g/mol. The first kappa shape index (κ1) is 16.2. The zero-order chi connectivity index (χ0) is 11.8. The molecular weight excluding hydrogens is 350 g/mol. The third-order valence-corrected chi connectivity index (χ3v) is 4.53. The van der Waals surface area contributed by atoms with E-state index in [9.17, 15) is 0 Å². The molecule has 0 aromatic carbocycles. The summed E-state index contributed by atoms with van der Waals surface area (Å²) in [5.41, 5.74) is 0. The van der Waals surface area contributed by atoms with Gasteiger partial charge in [0.1, 0.15) is 0 Å². The number of hydrogen-bond acceptors (Lipinski definition) is 2. The van der Waals surface area contributed by atoms with Gasteiger partial charge in [0, 0.05) is 18.9 Å². The van der Waals surface area contributed by atoms with Crippen molar-refractivity contribution in [1.29, 1.82) is 0 Å². The Morgan fingerprint density at radius 2 is 1.73 bits per heavy atom. The van der Waals surface area contributed by atoms with Gasteiger partial charge in [-0.1, -0.05) is 36.4 Å². The van der Waals surface area contributed by atoms with Gasteiger partial charge >= 0.3 is 0 Å². The van der Waals surface area contributed by atoms with Crippen molar-refractivity contribution in [3.05, 3.63) is 0 Å². The van der Waals surface area contributed by atoms with Gasteiger partial charge in [-0.3, -0.25) is 0 Å². The van der Waals surface area contributed by atoms with E-state index in [1.807, 2.05) is 0 Å². The van der Waals surface area contributed by atoms with Crippen LogP contribution in [0.25, 0.3) is 0 Å². The Morgan fingerprint density at radius 1 is 1.13 bits per heavy atom. The van der Waals surface area contributed by atoms with Crippen LogP contribution in [-0.4, -0.2) is 41.6 Å². The van der Waals surface area contributed by atoms with Gasteiger partial charge in [0.05, 0.1) is 22.7 Å². The Morgan fingerprint density at radius 3 is 2.07 bits per heavy atom. The summed E-state index contributed by atoms with van der Waals surface area (Å²) >= 11 is 13.9. The van der Waals surface area contributed by atoms with Crippen LogP contribution >= 0.6 is 45.8 Å². The molecule has 0 aliphatic rings. The quantitative estimate of drug-likeness (QED) is 0.483. The molecule has 3 unspecified atom stereocenters. The van der Waals surface area contributed by atoms with E-state index in [-0.39, 0.29) is 16.1 Å². The van der Waals surface area contributed by atoms with Crippen molar-refractivity contribution < 1.29 is 9.47 Å². The molecule has 0 amide bonds. The molecule has 0 aliphatic heterocycles. The van der Waals surface area contributed by atoms with Gasteiger partial charge in [-0.15, -0.1) is 23.2 Å². The molecule has 0 N–H and O–H groups in total. The topological polar surface area (TPSA) is 18.5 Å². The van der Waals surface area contributed by atoms with E-state index in [1.54, 1.807) is 7.11 Å². The molecule has 0 aromatic rings. The van der Waals surface area contributed by atoms with Crippen LogP contribution in [0.3, 0.4) is 0 Å². The van der Waals surface area contributed by atoms with Crippen LogP contribution in [0.4, 0.5) is 0 Å². The first-order valence-corrected chi connectivity index (χ1v) is 7.28. The average Bonchev–Trinajstić information content (AvgIpc) is 2.22. The summed E-state index contributed by atoms with van der Waals surface area (Å²) in [4.78, 5) is 0. The molecule has 0 aromatic heterocycles. The van der Waals surface area contributed by atoms with Gasteiger partial charge in [-0.05, 0) is 5.92 Å². The lowest BCUT2D eigenvalue weighted by atomic mass is 10.1. The van der Waals surface area contributed by atoms with E-state index in [0.29, 0.717) is 24.3 Å². The van der Waals surface area contributed by atoms with E-state index in [1.165, 1.54) is 0 Å². The van der Waals surface area contributed by atoms with Crippen molar-refractivity contribution in [2.75, 3.05) is 25.5 Å². The molecule has 5 heteroatoms.